The summed E-state index contributed by atoms with van der Waals surface area (Å²) in [4.78, 5) is 5.37. The van der Waals surface area contributed by atoms with Crippen LogP contribution in [0.25, 0.3) is 0 Å². The van der Waals surface area contributed by atoms with Crippen LogP contribution in [0.2, 0.25) is 19.6 Å². The van der Waals surface area contributed by atoms with Gasteiger partial charge in [-0.2, -0.15) is 0 Å². The first-order valence-electron chi connectivity index (χ1n) is 4.94. The Morgan fingerprint density at radius 3 is 2.86 bits per heavy atom. The predicted molar refractivity (Wildman–Crippen MR) is 54.6 cm³/mol. The molecule has 0 spiro atoms. The van der Waals surface area contributed by atoms with E-state index < -0.39 is 8.32 Å². The van der Waals surface area contributed by atoms with Gasteiger partial charge in [-0.15, -0.1) is 0 Å². The van der Waals surface area contributed by atoms with Gasteiger partial charge in [-0.1, -0.05) is 0 Å². The van der Waals surface area contributed by atoms with E-state index in [4.69, 9.17) is 14.1 Å². The minimum absolute atomic E-state index is 0.162. The summed E-state index contributed by atoms with van der Waals surface area (Å²) in [6, 6.07) is 0.164. The van der Waals surface area contributed by atoms with Crippen molar-refractivity contribution in [3.63, 3.8) is 0 Å². The molecule has 2 heterocycles. The molecular formula is C9H17NO3Si. The van der Waals surface area contributed by atoms with Gasteiger partial charge in [-0.05, 0) is 31.8 Å². The number of hydrogen-bond acceptors (Lipinski definition) is 4. The van der Waals surface area contributed by atoms with Gasteiger partial charge < -0.3 is 14.1 Å². The Morgan fingerprint density at radius 1 is 1.50 bits per heavy atom. The summed E-state index contributed by atoms with van der Waals surface area (Å²) in [7, 11) is -1.59. The molecule has 14 heavy (non-hydrogen) atoms. The highest BCUT2D eigenvalue weighted by molar-refractivity contribution is 6.69. The van der Waals surface area contributed by atoms with E-state index in [0.29, 0.717) is 6.61 Å². The standard InChI is InChI=1S/C9H17NO3Si/c1-7-8-5-12-10(9(8)6-11-7)13-14(2,3)4/h5,7,9H,6H2,1-4H3. The monoisotopic (exact) mass is 215 g/mol. The first kappa shape index (κ1) is 10.2. The minimum Gasteiger partial charge on any atom is -0.388 e. The SMILES string of the molecule is CC1OCC2C1=CON2O[Si](C)(C)C. The van der Waals surface area contributed by atoms with E-state index in [-0.39, 0.29) is 12.1 Å². The van der Waals surface area contributed by atoms with E-state index >= 15 is 0 Å². The van der Waals surface area contributed by atoms with Gasteiger partial charge in [0.2, 0.25) is 8.32 Å². The quantitative estimate of drug-likeness (QED) is 0.656. The summed E-state index contributed by atoms with van der Waals surface area (Å²) in [5.41, 5.74) is 1.18. The third-order valence-electron chi connectivity index (χ3n) is 2.27. The molecule has 2 rings (SSSR count). The van der Waals surface area contributed by atoms with Crippen molar-refractivity contribution in [2.24, 2.45) is 0 Å². The molecule has 0 amide bonds. The van der Waals surface area contributed by atoms with Gasteiger partial charge in [0.15, 0.2) is 0 Å². The highest BCUT2D eigenvalue weighted by atomic mass is 28.4. The van der Waals surface area contributed by atoms with Crippen molar-refractivity contribution in [2.75, 3.05) is 6.61 Å². The van der Waals surface area contributed by atoms with Crippen LogP contribution in [0.1, 0.15) is 6.92 Å². The maximum atomic E-state index is 5.78. The first-order valence-corrected chi connectivity index (χ1v) is 8.35. The van der Waals surface area contributed by atoms with Gasteiger partial charge in [0.05, 0.1) is 12.7 Å². The lowest BCUT2D eigenvalue weighted by molar-refractivity contribution is -0.297. The molecule has 2 aliphatic rings. The number of ether oxygens (including phenoxy) is 1. The fraction of sp³-hybridized carbons (Fsp3) is 0.778. The minimum atomic E-state index is -1.59. The molecule has 0 saturated carbocycles. The highest BCUT2D eigenvalue weighted by Crippen LogP contribution is 2.31. The maximum Gasteiger partial charge on any atom is 0.216 e. The van der Waals surface area contributed by atoms with Crippen LogP contribution in [0.5, 0.6) is 0 Å². The van der Waals surface area contributed by atoms with Crippen LogP contribution in [-0.2, 0) is 14.1 Å². The van der Waals surface area contributed by atoms with E-state index in [1.807, 2.05) is 6.92 Å². The summed E-state index contributed by atoms with van der Waals surface area (Å²) >= 11 is 0. The second-order valence-electron chi connectivity index (χ2n) is 4.70. The molecule has 0 N–H and O–H groups in total. The molecule has 1 saturated heterocycles. The van der Waals surface area contributed by atoms with Crippen molar-refractivity contribution in [1.82, 2.24) is 5.23 Å². The molecule has 0 aromatic heterocycles. The molecule has 2 unspecified atom stereocenters. The van der Waals surface area contributed by atoms with E-state index in [2.05, 4.69) is 19.6 Å². The zero-order valence-corrected chi connectivity index (χ0v) is 10.1. The Morgan fingerprint density at radius 2 is 2.21 bits per heavy atom. The molecule has 1 fully saturated rings. The summed E-state index contributed by atoms with van der Waals surface area (Å²) in [5.74, 6) is 0. The molecule has 0 bridgehead atoms. The Hall–Kier alpha value is -0.363. The van der Waals surface area contributed by atoms with E-state index in [9.17, 15) is 0 Å². The van der Waals surface area contributed by atoms with Gasteiger partial charge in [-0.3, -0.25) is 0 Å². The smallest absolute Gasteiger partial charge is 0.216 e. The summed E-state index contributed by atoms with van der Waals surface area (Å²) in [5, 5.41) is 1.60. The lowest BCUT2D eigenvalue weighted by Gasteiger charge is -2.26. The van der Waals surface area contributed by atoms with Crippen molar-refractivity contribution in [1.29, 1.82) is 0 Å². The molecule has 5 heteroatoms. The predicted octanol–water partition coefficient (Wildman–Crippen LogP) is 1.67. The second-order valence-corrected chi connectivity index (χ2v) is 9.11. The van der Waals surface area contributed by atoms with Gasteiger partial charge in [0.1, 0.15) is 12.3 Å². The molecule has 2 atom stereocenters. The highest BCUT2D eigenvalue weighted by Gasteiger charge is 2.41. The number of hydrogen-bond donors (Lipinski definition) is 0. The largest absolute Gasteiger partial charge is 0.388 e. The van der Waals surface area contributed by atoms with Crippen LogP contribution >= 0.6 is 0 Å². The van der Waals surface area contributed by atoms with Crippen molar-refractivity contribution in [2.45, 2.75) is 38.7 Å². The number of nitrogens with zero attached hydrogens (tertiary/aromatic N) is 1. The summed E-state index contributed by atoms with van der Waals surface area (Å²) < 4.78 is 11.3. The van der Waals surface area contributed by atoms with Crippen LogP contribution in [0.15, 0.2) is 11.8 Å². The average Bonchev–Trinajstić information content (AvgIpc) is 2.55. The van der Waals surface area contributed by atoms with Crippen molar-refractivity contribution < 1.29 is 14.1 Å². The zero-order chi connectivity index (χ0) is 10.3. The second kappa shape index (κ2) is 3.34. The lowest BCUT2D eigenvalue weighted by atomic mass is 10.1. The third-order valence-corrected chi connectivity index (χ3v) is 3.00. The van der Waals surface area contributed by atoms with Crippen molar-refractivity contribution in [3.8, 4) is 0 Å². The van der Waals surface area contributed by atoms with Crippen LogP contribution < -0.4 is 0 Å². The number of fused-ring (bicyclic) bond motifs is 1. The normalized spacial score (nSPS) is 32.7. The maximum absolute atomic E-state index is 5.78. The van der Waals surface area contributed by atoms with E-state index in [1.54, 1.807) is 11.5 Å². The molecule has 0 aromatic carbocycles. The summed E-state index contributed by atoms with van der Waals surface area (Å²) in [6.45, 7) is 9.10. The van der Waals surface area contributed by atoms with Gasteiger partial charge >= 0.3 is 0 Å². The van der Waals surface area contributed by atoms with Crippen molar-refractivity contribution in [3.05, 3.63) is 11.8 Å². The lowest BCUT2D eigenvalue weighted by Crippen LogP contribution is -2.41. The zero-order valence-electron chi connectivity index (χ0n) is 9.11. The average molecular weight is 215 g/mol. The van der Waals surface area contributed by atoms with Gasteiger partial charge in [0.25, 0.3) is 0 Å². The van der Waals surface area contributed by atoms with E-state index in [1.165, 1.54) is 5.57 Å². The fourth-order valence-electron chi connectivity index (χ4n) is 1.60. The van der Waals surface area contributed by atoms with Gasteiger partial charge in [0, 0.05) is 5.57 Å². The Bertz CT molecular complexity index is 261. The van der Waals surface area contributed by atoms with Crippen LogP contribution in [0, 0.1) is 0 Å². The Kier molecular flexibility index (Phi) is 2.42. The Labute approximate surface area is 85.5 Å². The molecule has 0 radical (unpaired) electrons. The van der Waals surface area contributed by atoms with Crippen molar-refractivity contribution >= 4 is 8.32 Å². The molecule has 80 valence electrons. The molecule has 0 aromatic rings. The van der Waals surface area contributed by atoms with Crippen LogP contribution in [-0.4, -0.2) is 32.3 Å². The number of hydroxylamine groups is 2. The molecular weight excluding hydrogens is 198 g/mol. The number of rotatable bonds is 2. The third kappa shape index (κ3) is 1.86. The first-order chi connectivity index (χ1) is 6.47. The van der Waals surface area contributed by atoms with Crippen LogP contribution in [0.3, 0.4) is 0 Å². The Balaban J connectivity index is 2.01. The van der Waals surface area contributed by atoms with E-state index in [0.717, 1.165) is 0 Å². The fourth-order valence-corrected chi connectivity index (χ4v) is 2.31. The molecule has 2 aliphatic heterocycles. The van der Waals surface area contributed by atoms with Gasteiger partial charge in [-0.25, -0.2) is 0 Å². The topological polar surface area (TPSA) is 30.9 Å². The molecule has 0 aliphatic carbocycles. The van der Waals surface area contributed by atoms with Crippen LogP contribution in [0.4, 0.5) is 0 Å². The molecule has 4 nitrogen and oxygen atoms in total. The summed E-state index contributed by atoms with van der Waals surface area (Å²) in [6.07, 6.45) is 1.91.